The molecule has 0 saturated carbocycles. The van der Waals surface area contributed by atoms with Gasteiger partial charge in [-0.2, -0.15) is 15.6 Å². The number of nitriles is 2. The zero-order valence-electron chi connectivity index (χ0n) is 13.7. The molecule has 3 N–H and O–H groups in total. The zero-order chi connectivity index (χ0) is 18.5. The van der Waals surface area contributed by atoms with E-state index in [1.165, 1.54) is 10.9 Å². The van der Waals surface area contributed by atoms with Crippen LogP contribution in [-0.2, 0) is 6.54 Å². The van der Waals surface area contributed by atoms with Gasteiger partial charge in [0.15, 0.2) is 0 Å². The van der Waals surface area contributed by atoms with Gasteiger partial charge in [0.05, 0.1) is 23.5 Å². The van der Waals surface area contributed by atoms with Crippen LogP contribution in [0.1, 0.15) is 27.0 Å². The molecule has 0 aliphatic carbocycles. The van der Waals surface area contributed by atoms with Crippen LogP contribution >= 0.6 is 0 Å². The van der Waals surface area contributed by atoms with Crippen LogP contribution in [0.2, 0.25) is 0 Å². The first-order valence-electron chi connectivity index (χ1n) is 7.73. The van der Waals surface area contributed by atoms with Gasteiger partial charge < -0.3 is 11.1 Å². The number of hydrogen-bond donors (Lipinski definition) is 2. The third-order valence-electron chi connectivity index (χ3n) is 3.81. The summed E-state index contributed by atoms with van der Waals surface area (Å²) in [7, 11) is 0. The number of nitrogens with zero attached hydrogens (tertiary/aromatic N) is 4. The van der Waals surface area contributed by atoms with E-state index in [4.69, 9.17) is 16.3 Å². The number of rotatable bonds is 4. The fourth-order valence-corrected chi connectivity index (χ4v) is 2.44. The average Bonchev–Trinajstić information content (AvgIpc) is 3.07. The van der Waals surface area contributed by atoms with Gasteiger partial charge in [-0.05, 0) is 42.0 Å². The number of nitrogens with two attached hydrogens (primary N) is 1. The first-order chi connectivity index (χ1) is 12.6. The summed E-state index contributed by atoms with van der Waals surface area (Å²) in [6, 6.07) is 17.8. The van der Waals surface area contributed by atoms with Crippen LogP contribution < -0.4 is 11.1 Å². The number of nitrogens with one attached hydrogen (secondary N) is 1. The molecule has 3 aromatic rings. The zero-order valence-corrected chi connectivity index (χ0v) is 13.7. The fraction of sp³-hybridized carbons (Fsp3) is 0.0526. The smallest absolute Gasteiger partial charge is 0.251 e. The summed E-state index contributed by atoms with van der Waals surface area (Å²) < 4.78 is 1.44. The molecule has 7 nitrogen and oxygen atoms in total. The summed E-state index contributed by atoms with van der Waals surface area (Å²) in [6.45, 7) is 0.327. The van der Waals surface area contributed by atoms with Gasteiger partial charge in [-0.1, -0.05) is 12.1 Å². The van der Waals surface area contributed by atoms with E-state index < -0.39 is 0 Å². The topological polar surface area (TPSA) is 121 Å². The molecule has 0 bridgehead atoms. The van der Waals surface area contributed by atoms with Crippen molar-refractivity contribution in [2.45, 2.75) is 6.54 Å². The van der Waals surface area contributed by atoms with Gasteiger partial charge >= 0.3 is 0 Å². The summed E-state index contributed by atoms with van der Waals surface area (Å²) in [6.07, 6.45) is 1.39. The van der Waals surface area contributed by atoms with Crippen molar-refractivity contribution in [3.05, 3.63) is 77.0 Å². The Morgan fingerprint density at radius 1 is 1.15 bits per heavy atom. The maximum absolute atomic E-state index is 12.3. The molecule has 1 heterocycles. The van der Waals surface area contributed by atoms with Crippen molar-refractivity contribution in [3.63, 3.8) is 0 Å². The van der Waals surface area contributed by atoms with Crippen molar-refractivity contribution in [2.24, 2.45) is 0 Å². The van der Waals surface area contributed by atoms with Crippen LogP contribution in [0, 0.1) is 22.7 Å². The Kier molecular flexibility index (Phi) is 4.64. The van der Waals surface area contributed by atoms with Crippen LogP contribution in [0.15, 0.2) is 54.7 Å². The summed E-state index contributed by atoms with van der Waals surface area (Å²) in [5, 5.41) is 24.7. The molecule has 0 fully saturated rings. The molecule has 0 unspecified atom stereocenters. The van der Waals surface area contributed by atoms with E-state index in [0.717, 1.165) is 5.56 Å². The Morgan fingerprint density at radius 3 is 2.58 bits per heavy atom. The monoisotopic (exact) mass is 342 g/mol. The van der Waals surface area contributed by atoms with E-state index in [1.807, 2.05) is 12.1 Å². The largest absolute Gasteiger partial charge is 0.382 e. The number of benzene rings is 2. The molecule has 1 amide bonds. The normalized spacial score (nSPS) is 9.92. The van der Waals surface area contributed by atoms with Gasteiger partial charge in [-0.15, -0.1) is 0 Å². The van der Waals surface area contributed by atoms with Crippen molar-refractivity contribution in [3.8, 4) is 17.8 Å². The summed E-state index contributed by atoms with van der Waals surface area (Å²) in [5.41, 5.74) is 8.69. The molecule has 3 rings (SSSR count). The van der Waals surface area contributed by atoms with E-state index >= 15 is 0 Å². The molecule has 2 aromatic carbocycles. The van der Waals surface area contributed by atoms with Crippen LogP contribution in [0.25, 0.3) is 5.69 Å². The summed E-state index contributed by atoms with van der Waals surface area (Å²) >= 11 is 0. The molecule has 126 valence electrons. The van der Waals surface area contributed by atoms with Gasteiger partial charge in [0.1, 0.15) is 17.5 Å². The summed E-state index contributed by atoms with van der Waals surface area (Å²) in [5.74, 6) is 0.0205. The van der Waals surface area contributed by atoms with Crippen molar-refractivity contribution < 1.29 is 4.79 Å². The number of aromatic nitrogens is 2. The Bertz CT molecular complexity index is 1040. The summed E-state index contributed by atoms with van der Waals surface area (Å²) in [4.78, 5) is 12.3. The van der Waals surface area contributed by atoms with E-state index in [0.29, 0.717) is 28.9 Å². The van der Waals surface area contributed by atoms with Crippen molar-refractivity contribution in [1.29, 1.82) is 10.5 Å². The van der Waals surface area contributed by atoms with E-state index in [2.05, 4.69) is 16.5 Å². The lowest BCUT2D eigenvalue weighted by molar-refractivity contribution is 0.0951. The number of carbonyl (C=O) groups is 1. The third kappa shape index (κ3) is 3.37. The van der Waals surface area contributed by atoms with E-state index in [-0.39, 0.29) is 11.7 Å². The van der Waals surface area contributed by atoms with Gasteiger partial charge in [0.2, 0.25) is 0 Å². The Hall–Kier alpha value is -4.10. The van der Waals surface area contributed by atoms with Crippen LogP contribution in [-0.4, -0.2) is 15.7 Å². The van der Waals surface area contributed by atoms with Gasteiger partial charge in [-0.25, -0.2) is 4.68 Å². The maximum atomic E-state index is 12.3. The SMILES string of the molecule is N#Cc1cccc(CNC(=O)c2ccc(-n3ncc(C#N)c3N)cc2)c1. The van der Waals surface area contributed by atoms with E-state index in [9.17, 15) is 4.79 Å². The second-order valence-corrected chi connectivity index (χ2v) is 5.51. The number of amides is 1. The molecular formula is C19H14N6O. The van der Waals surface area contributed by atoms with E-state index in [1.54, 1.807) is 42.5 Å². The lowest BCUT2D eigenvalue weighted by Gasteiger charge is -2.08. The first kappa shape index (κ1) is 16.7. The lowest BCUT2D eigenvalue weighted by atomic mass is 10.1. The van der Waals surface area contributed by atoms with Gasteiger partial charge in [0.25, 0.3) is 5.91 Å². The lowest BCUT2D eigenvalue weighted by Crippen LogP contribution is -2.22. The highest BCUT2D eigenvalue weighted by molar-refractivity contribution is 5.94. The van der Waals surface area contributed by atoms with Gasteiger partial charge in [0, 0.05) is 12.1 Å². The Balaban J connectivity index is 1.70. The molecule has 0 spiro atoms. The first-order valence-corrected chi connectivity index (χ1v) is 7.73. The fourth-order valence-electron chi connectivity index (χ4n) is 2.44. The Morgan fingerprint density at radius 2 is 1.92 bits per heavy atom. The second-order valence-electron chi connectivity index (χ2n) is 5.51. The molecule has 0 aliphatic heterocycles. The highest BCUT2D eigenvalue weighted by Gasteiger charge is 2.10. The average molecular weight is 342 g/mol. The van der Waals surface area contributed by atoms with Crippen LogP contribution in [0.4, 0.5) is 5.82 Å². The molecule has 26 heavy (non-hydrogen) atoms. The molecule has 0 atom stereocenters. The predicted molar refractivity (Wildman–Crippen MR) is 95.0 cm³/mol. The van der Waals surface area contributed by atoms with Crippen molar-refractivity contribution in [2.75, 3.05) is 5.73 Å². The minimum atomic E-state index is -0.231. The Labute approximate surface area is 149 Å². The van der Waals surface area contributed by atoms with Crippen LogP contribution in [0.5, 0.6) is 0 Å². The van der Waals surface area contributed by atoms with Crippen LogP contribution in [0.3, 0.4) is 0 Å². The number of nitrogen functional groups attached to an aromatic ring is 1. The highest BCUT2D eigenvalue weighted by Crippen LogP contribution is 2.17. The maximum Gasteiger partial charge on any atom is 0.251 e. The minimum absolute atomic E-state index is 0.231. The predicted octanol–water partition coefficient (Wildman–Crippen LogP) is 2.13. The van der Waals surface area contributed by atoms with Crippen molar-refractivity contribution >= 4 is 11.7 Å². The third-order valence-corrected chi connectivity index (χ3v) is 3.81. The number of hydrogen-bond acceptors (Lipinski definition) is 5. The highest BCUT2D eigenvalue weighted by atomic mass is 16.1. The minimum Gasteiger partial charge on any atom is -0.382 e. The van der Waals surface area contributed by atoms with Gasteiger partial charge in [-0.3, -0.25) is 4.79 Å². The quantitative estimate of drug-likeness (QED) is 0.752. The molecule has 1 aromatic heterocycles. The second kappa shape index (κ2) is 7.20. The standard InChI is InChI=1S/C19H14N6O/c20-9-13-2-1-3-14(8-13)11-23-19(26)15-4-6-17(7-5-15)25-18(22)16(10-21)12-24-25/h1-8,12H,11,22H2,(H,23,26). The number of anilines is 1. The number of carbonyl (C=O) groups excluding carboxylic acids is 1. The molecule has 0 saturated heterocycles. The molecule has 7 heteroatoms. The van der Waals surface area contributed by atoms with Crippen molar-refractivity contribution in [1.82, 2.24) is 15.1 Å². The molecule has 0 aliphatic rings. The molecular weight excluding hydrogens is 328 g/mol. The molecule has 0 radical (unpaired) electrons.